The van der Waals surface area contributed by atoms with Gasteiger partial charge in [-0.25, -0.2) is 0 Å². The summed E-state index contributed by atoms with van der Waals surface area (Å²) >= 11 is 0. The molecular weight excluding hydrogens is 228 g/mol. The number of nitrogens with one attached hydrogen (secondary N) is 1. The molecule has 1 saturated carbocycles. The average Bonchev–Trinajstić information content (AvgIpc) is 2.85. The van der Waals surface area contributed by atoms with Gasteiger partial charge in [-0.3, -0.25) is 4.79 Å². The maximum atomic E-state index is 12.0. The van der Waals surface area contributed by atoms with Crippen molar-refractivity contribution in [1.82, 2.24) is 5.32 Å². The molecule has 18 heavy (non-hydrogen) atoms. The molecule has 0 radical (unpaired) electrons. The molecule has 4 nitrogen and oxygen atoms in total. The van der Waals surface area contributed by atoms with Crippen molar-refractivity contribution in [2.45, 2.75) is 45.1 Å². The van der Waals surface area contributed by atoms with Crippen LogP contribution in [0.15, 0.2) is 0 Å². The predicted octanol–water partition coefficient (Wildman–Crippen LogP) is 1.29. The van der Waals surface area contributed by atoms with Gasteiger partial charge < -0.3 is 15.8 Å². The highest BCUT2D eigenvalue weighted by molar-refractivity contribution is 5.78. The lowest BCUT2D eigenvalue weighted by Gasteiger charge is -2.31. The lowest BCUT2D eigenvalue weighted by Crippen LogP contribution is -2.40. The number of carbonyl (C=O) groups is 1. The lowest BCUT2D eigenvalue weighted by atomic mass is 9.79. The van der Waals surface area contributed by atoms with Crippen LogP contribution in [0.1, 0.15) is 39.0 Å². The van der Waals surface area contributed by atoms with Gasteiger partial charge in [-0.2, -0.15) is 0 Å². The second-order valence-electron chi connectivity index (χ2n) is 5.96. The second-order valence-corrected chi connectivity index (χ2v) is 5.96. The molecule has 1 aliphatic heterocycles. The van der Waals surface area contributed by atoms with Crippen LogP contribution in [0.25, 0.3) is 0 Å². The molecule has 4 atom stereocenters. The summed E-state index contributed by atoms with van der Waals surface area (Å²) in [7, 11) is 0. The number of carbonyl (C=O) groups excluding carboxylic acids is 1. The van der Waals surface area contributed by atoms with Crippen LogP contribution in [-0.2, 0) is 9.53 Å². The van der Waals surface area contributed by atoms with Gasteiger partial charge in [0.05, 0.1) is 0 Å². The first kappa shape index (κ1) is 13.8. The number of rotatable bonds is 4. The van der Waals surface area contributed by atoms with Crippen molar-refractivity contribution in [2.75, 3.05) is 19.8 Å². The van der Waals surface area contributed by atoms with Crippen molar-refractivity contribution in [3.63, 3.8) is 0 Å². The Bertz CT molecular complexity index is 277. The van der Waals surface area contributed by atoms with E-state index in [1.165, 1.54) is 0 Å². The van der Waals surface area contributed by atoms with Crippen LogP contribution in [0.2, 0.25) is 0 Å². The standard InChI is InChI=1S/C14H26N2O2/c1-10-8-12(2-3-13(10)15)14(17)16-6-4-11-5-7-18-9-11/h10-13H,2-9,15H2,1H3,(H,16,17). The Labute approximate surface area is 110 Å². The highest BCUT2D eigenvalue weighted by Gasteiger charge is 2.29. The molecular formula is C14H26N2O2. The smallest absolute Gasteiger partial charge is 0.223 e. The van der Waals surface area contributed by atoms with E-state index in [-0.39, 0.29) is 17.9 Å². The zero-order chi connectivity index (χ0) is 13.0. The Kier molecular flexibility index (Phi) is 5.01. The van der Waals surface area contributed by atoms with Crippen molar-refractivity contribution >= 4 is 5.91 Å². The quantitative estimate of drug-likeness (QED) is 0.794. The molecule has 4 heteroatoms. The highest BCUT2D eigenvalue weighted by Crippen LogP contribution is 2.28. The molecule has 2 rings (SSSR count). The van der Waals surface area contributed by atoms with Crippen LogP contribution >= 0.6 is 0 Å². The third-order valence-corrected chi connectivity index (χ3v) is 4.48. The van der Waals surface area contributed by atoms with Crippen molar-refractivity contribution in [1.29, 1.82) is 0 Å². The molecule has 0 aromatic carbocycles. The minimum absolute atomic E-state index is 0.180. The molecule has 0 bridgehead atoms. The average molecular weight is 254 g/mol. The fourth-order valence-electron chi connectivity index (χ4n) is 3.01. The third kappa shape index (κ3) is 3.69. The van der Waals surface area contributed by atoms with E-state index in [1.54, 1.807) is 0 Å². The largest absolute Gasteiger partial charge is 0.381 e. The summed E-state index contributed by atoms with van der Waals surface area (Å²) in [6, 6.07) is 0.282. The molecule has 2 aliphatic rings. The number of hydrogen-bond donors (Lipinski definition) is 2. The van der Waals surface area contributed by atoms with Crippen molar-refractivity contribution < 1.29 is 9.53 Å². The molecule has 1 aliphatic carbocycles. The first-order valence-corrected chi connectivity index (χ1v) is 7.28. The van der Waals surface area contributed by atoms with E-state index in [1.807, 2.05) is 0 Å². The van der Waals surface area contributed by atoms with Crippen LogP contribution in [0, 0.1) is 17.8 Å². The van der Waals surface area contributed by atoms with Gasteiger partial charge in [0, 0.05) is 31.7 Å². The first-order valence-electron chi connectivity index (χ1n) is 7.28. The molecule has 104 valence electrons. The van der Waals surface area contributed by atoms with E-state index < -0.39 is 0 Å². The van der Waals surface area contributed by atoms with E-state index in [4.69, 9.17) is 10.5 Å². The highest BCUT2D eigenvalue weighted by atomic mass is 16.5. The molecule has 1 saturated heterocycles. The van der Waals surface area contributed by atoms with E-state index >= 15 is 0 Å². The molecule has 2 fully saturated rings. The summed E-state index contributed by atoms with van der Waals surface area (Å²) < 4.78 is 5.33. The SMILES string of the molecule is CC1CC(C(=O)NCCC2CCOC2)CCC1N. The van der Waals surface area contributed by atoms with E-state index in [0.717, 1.165) is 51.9 Å². The van der Waals surface area contributed by atoms with E-state index in [9.17, 15) is 4.79 Å². The topological polar surface area (TPSA) is 64.3 Å². The normalized spacial score (nSPS) is 36.6. The summed E-state index contributed by atoms with van der Waals surface area (Å²) in [5, 5.41) is 3.08. The molecule has 4 unspecified atom stereocenters. The Hall–Kier alpha value is -0.610. The van der Waals surface area contributed by atoms with Crippen LogP contribution in [-0.4, -0.2) is 31.7 Å². The van der Waals surface area contributed by atoms with Crippen LogP contribution in [0.5, 0.6) is 0 Å². The second kappa shape index (κ2) is 6.53. The third-order valence-electron chi connectivity index (χ3n) is 4.48. The summed E-state index contributed by atoms with van der Waals surface area (Å²) in [4.78, 5) is 12.0. The van der Waals surface area contributed by atoms with Crippen molar-refractivity contribution in [3.8, 4) is 0 Å². The summed E-state index contributed by atoms with van der Waals surface area (Å²) in [5.74, 6) is 1.52. The fourth-order valence-corrected chi connectivity index (χ4v) is 3.01. The zero-order valence-corrected chi connectivity index (χ0v) is 11.4. The Morgan fingerprint density at radius 1 is 1.39 bits per heavy atom. The Morgan fingerprint density at radius 2 is 2.22 bits per heavy atom. The lowest BCUT2D eigenvalue weighted by molar-refractivity contribution is -0.126. The van der Waals surface area contributed by atoms with Crippen LogP contribution < -0.4 is 11.1 Å². The number of amides is 1. The van der Waals surface area contributed by atoms with Crippen LogP contribution in [0.4, 0.5) is 0 Å². The van der Waals surface area contributed by atoms with Gasteiger partial charge in [-0.15, -0.1) is 0 Å². The van der Waals surface area contributed by atoms with Gasteiger partial charge in [-0.05, 0) is 43.9 Å². The van der Waals surface area contributed by atoms with E-state index in [0.29, 0.717) is 11.8 Å². The fraction of sp³-hybridized carbons (Fsp3) is 0.929. The Balaban J connectivity index is 1.64. The van der Waals surface area contributed by atoms with Crippen molar-refractivity contribution in [2.24, 2.45) is 23.5 Å². The molecule has 1 amide bonds. The molecule has 0 aromatic rings. The first-order chi connectivity index (χ1) is 8.66. The molecule has 0 aromatic heterocycles. The Morgan fingerprint density at radius 3 is 2.89 bits per heavy atom. The molecule has 3 N–H and O–H groups in total. The maximum Gasteiger partial charge on any atom is 0.223 e. The number of ether oxygens (including phenoxy) is 1. The minimum Gasteiger partial charge on any atom is -0.381 e. The van der Waals surface area contributed by atoms with Gasteiger partial charge in [0.25, 0.3) is 0 Å². The van der Waals surface area contributed by atoms with Gasteiger partial charge in [0.15, 0.2) is 0 Å². The predicted molar refractivity (Wildman–Crippen MR) is 71.0 cm³/mol. The number of nitrogens with two attached hydrogens (primary N) is 1. The maximum absolute atomic E-state index is 12.0. The summed E-state index contributed by atoms with van der Waals surface area (Å²) in [6.07, 6.45) is 5.07. The molecule has 1 heterocycles. The van der Waals surface area contributed by atoms with Crippen molar-refractivity contribution in [3.05, 3.63) is 0 Å². The molecule has 0 spiro atoms. The number of hydrogen-bond acceptors (Lipinski definition) is 3. The zero-order valence-electron chi connectivity index (χ0n) is 11.4. The van der Waals surface area contributed by atoms with Gasteiger partial charge in [0.1, 0.15) is 0 Å². The minimum atomic E-state index is 0.180. The van der Waals surface area contributed by atoms with Crippen LogP contribution in [0.3, 0.4) is 0 Å². The monoisotopic (exact) mass is 254 g/mol. The summed E-state index contributed by atoms with van der Waals surface area (Å²) in [5.41, 5.74) is 5.98. The van der Waals surface area contributed by atoms with Gasteiger partial charge in [0.2, 0.25) is 5.91 Å². The van der Waals surface area contributed by atoms with Gasteiger partial charge in [-0.1, -0.05) is 6.92 Å². The summed E-state index contributed by atoms with van der Waals surface area (Å²) in [6.45, 7) is 4.70. The van der Waals surface area contributed by atoms with E-state index in [2.05, 4.69) is 12.2 Å². The van der Waals surface area contributed by atoms with Gasteiger partial charge >= 0.3 is 0 Å².